The van der Waals surface area contributed by atoms with E-state index in [0.29, 0.717) is 0 Å². The van der Waals surface area contributed by atoms with Gasteiger partial charge in [-0.25, -0.2) is 0 Å². The quantitative estimate of drug-likeness (QED) is 0.142. The minimum Gasteiger partial charge on any atom is -0.0622 e. The van der Waals surface area contributed by atoms with Crippen LogP contribution in [-0.2, 0) is 21.7 Å². The first kappa shape index (κ1) is 47.6. The van der Waals surface area contributed by atoms with Crippen LogP contribution in [0.4, 0.5) is 0 Å². The highest BCUT2D eigenvalue weighted by molar-refractivity contribution is 5.97. The largest absolute Gasteiger partial charge is 0.0622 e. The van der Waals surface area contributed by atoms with Crippen molar-refractivity contribution in [1.29, 1.82) is 0 Å². The third-order valence-corrected chi connectivity index (χ3v) is 20.6. The Kier molecular flexibility index (Phi) is 10.2. The summed E-state index contributed by atoms with van der Waals surface area (Å²) < 4.78 is 0. The molecule has 81 heavy (non-hydrogen) atoms. The second-order valence-corrected chi connectivity index (χ2v) is 24.0. The van der Waals surface area contributed by atoms with Gasteiger partial charge >= 0.3 is 0 Å². The highest BCUT2D eigenvalue weighted by Crippen LogP contribution is 2.91. The van der Waals surface area contributed by atoms with Crippen molar-refractivity contribution in [2.75, 3.05) is 0 Å². The average molecular weight is 1030 g/mol. The molecule has 0 amide bonds. The first-order valence-corrected chi connectivity index (χ1v) is 28.9. The van der Waals surface area contributed by atoms with Crippen LogP contribution in [0.25, 0.3) is 89.0 Å². The summed E-state index contributed by atoms with van der Waals surface area (Å²) in [5.41, 5.74) is 28.4. The Hall–Kier alpha value is -9.36. The minimum absolute atomic E-state index is 0.561. The summed E-state index contributed by atoms with van der Waals surface area (Å²) in [6.45, 7) is 10.8. The highest BCUT2D eigenvalue weighted by atomic mass is 14.9. The number of rotatable bonds is 8. The predicted molar refractivity (Wildman–Crippen MR) is 338 cm³/mol. The molecular weight excluding hydrogens is 973 g/mol. The van der Waals surface area contributed by atoms with Gasteiger partial charge in [-0.1, -0.05) is 270 Å². The van der Waals surface area contributed by atoms with Crippen molar-refractivity contribution in [3.05, 3.63) is 336 Å². The van der Waals surface area contributed by atoms with E-state index in [9.17, 15) is 0 Å². The molecule has 0 nitrogen and oxygen atoms in total. The fourth-order valence-corrected chi connectivity index (χ4v) is 17.8. The molecule has 0 aromatic heterocycles. The molecule has 0 radical (unpaired) electrons. The van der Waals surface area contributed by atoms with Crippen LogP contribution in [0.3, 0.4) is 0 Å². The third-order valence-electron chi connectivity index (χ3n) is 20.6. The van der Waals surface area contributed by atoms with E-state index in [4.69, 9.17) is 0 Å². The lowest BCUT2D eigenvalue weighted by Gasteiger charge is -2.57. The lowest BCUT2D eigenvalue weighted by atomic mass is 9.43. The Morgan fingerprint density at radius 2 is 0.272 bits per heavy atom. The van der Waals surface area contributed by atoms with Crippen LogP contribution in [0.1, 0.15) is 72.2 Å². The van der Waals surface area contributed by atoms with Gasteiger partial charge in [-0.3, -0.25) is 0 Å². The first-order valence-electron chi connectivity index (χ1n) is 28.9. The van der Waals surface area contributed by atoms with Gasteiger partial charge in [0.15, 0.2) is 0 Å². The Labute approximate surface area is 476 Å². The van der Waals surface area contributed by atoms with Gasteiger partial charge in [-0.15, -0.1) is 0 Å². The van der Waals surface area contributed by atoms with E-state index in [1.807, 2.05) is 0 Å². The monoisotopic (exact) mass is 1030 g/mol. The molecule has 16 rings (SSSR count). The van der Waals surface area contributed by atoms with Crippen LogP contribution in [0.5, 0.6) is 0 Å². The van der Waals surface area contributed by atoms with Gasteiger partial charge in [-0.05, 0) is 182 Å². The van der Waals surface area contributed by atoms with E-state index >= 15 is 0 Å². The minimum atomic E-state index is -0.578. The Bertz CT molecular complexity index is 3600. The van der Waals surface area contributed by atoms with Crippen molar-refractivity contribution in [2.45, 2.75) is 49.4 Å². The molecule has 4 aliphatic rings. The number of benzene rings is 12. The number of hydrogen-bond donors (Lipinski definition) is 0. The molecule has 0 atom stereocenters. The van der Waals surface area contributed by atoms with Crippen molar-refractivity contribution in [3.8, 4) is 89.0 Å². The maximum absolute atomic E-state index is 2.71. The van der Waals surface area contributed by atoms with Gasteiger partial charge in [0.2, 0.25) is 0 Å². The lowest BCUT2D eigenvalue weighted by Crippen LogP contribution is -2.60. The molecule has 12 aromatic rings. The molecule has 4 aliphatic carbocycles. The van der Waals surface area contributed by atoms with Crippen molar-refractivity contribution in [2.24, 2.45) is 5.41 Å². The van der Waals surface area contributed by atoms with E-state index in [0.717, 1.165) is 0 Å². The van der Waals surface area contributed by atoms with E-state index in [-0.39, 0.29) is 0 Å². The zero-order valence-electron chi connectivity index (χ0n) is 46.2. The number of fused-ring (bicyclic) bond motifs is 12. The molecule has 0 saturated heterocycles. The molecule has 0 heteroatoms. The molecule has 12 aromatic carbocycles. The van der Waals surface area contributed by atoms with E-state index < -0.39 is 27.1 Å². The zero-order valence-corrected chi connectivity index (χ0v) is 46.2. The molecule has 0 fully saturated rings. The van der Waals surface area contributed by atoms with Gasteiger partial charge in [0, 0.05) is 27.1 Å². The molecule has 384 valence electrons. The van der Waals surface area contributed by atoms with Crippen LogP contribution in [-0.4, -0.2) is 0 Å². The van der Waals surface area contributed by atoms with Crippen LogP contribution >= 0.6 is 0 Å². The second-order valence-electron chi connectivity index (χ2n) is 24.0. The summed E-state index contributed by atoms with van der Waals surface area (Å²) in [6.07, 6.45) is 0. The van der Waals surface area contributed by atoms with Crippen LogP contribution in [0.15, 0.2) is 291 Å². The Balaban J connectivity index is 1.15. The van der Waals surface area contributed by atoms with Gasteiger partial charge in [-0.2, -0.15) is 0 Å². The summed E-state index contributed by atoms with van der Waals surface area (Å²) in [4.78, 5) is 0. The molecule has 0 N–H and O–H groups in total. The standard InChI is InChI=1S/C81H60/c1-77-69-45-61(53-29-13-5-14-30-53)63(55-33-17-7-18-34-55)47-71(69)78(2)73-49-65(57-37-21-9-22-38-57)67(59-41-25-11-26-42-59)51-75(73)80(4)76-52-68(60-43-27-12-28-44-60)66(58-39-23-10-24-40-58)50-74(76)79(3,81(77,78)80)72-48-64(56-35-19-8-20-36-56)62(46-70(72)77)54-31-15-6-16-32-54/h5-52H,1-4H3. The van der Waals surface area contributed by atoms with Gasteiger partial charge in [0.05, 0.1) is 0 Å². The Morgan fingerprint density at radius 3 is 0.383 bits per heavy atom. The maximum Gasteiger partial charge on any atom is 0.0272 e. The van der Waals surface area contributed by atoms with Crippen LogP contribution in [0, 0.1) is 5.41 Å². The molecule has 0 bridgehead atoms. The van der Waals surface area contributed by atoms with Crippen molar-refractivity contribution in [3.63, 3.8) is 0 Å². The van der Waals surface area contributed by atoms with Crippen LogP contribution in [0.2, 0.25) is 0 Å². The van der Waals surface area contributed by atoms with Crippen LogP contribution < -0.4 is 0 Å². The second kappa shape index (κ2) is 17.3. The van der Waals surface area contributed by atoms with E-state index in [1.165, 1.54) is 134 Å². The molecular formula is C81H60. The summed E-state index contributed by atoms with van der Waals surface area (Å²) in [6, 6.07) is 111. The SMILES string of the molecule is CC12c3cc(-c4ccccc4)c(-c4ccccc4)cc3C3(C)c4cc(-c5ccccc5)c(-c5ccccc5)cc4C4(C)c5cc(-c6ccccc6)c(-c6ccccc6)cc5C(C)(c5cc(-c6ccccc6)c(-c6ccccc6)cc51)C234. The number of hydrogen-bond acceptors (Lipinski definition) is 0. The molecule has 1 spiro atoms. The first-order chi connectivity index (χ1) is 39.7. The molecule has 0 aliphatic heterocycles. The zero-order chi connectivity index (χ0) is 54.3. The van der Waals surface area contributed by atoms with Crippen molar-refractivity contribution < 1.29 is 0 Å². The van der Waals surface area contributed by atoms with E-state index in [1.54, 1.807) is 0 Å². The van der Waals surface area contributed by atoms with Gasteiger partial charge < -0.3 is 0 Å². The highest BCUT2D eigenvalue weighted by Gasteiger charge is 2.89. The summed E-state index contributed by atoms with van der Waals surface area (Å²) in [7, 11) is 0. The summed E-state index contributed by atoms with van der Waals surface area (Å²) in [5, 5.41) is 0. The Morgan fingerprint density at radius 1 is 0.160 bits per heavy atom. The fraction of sp³-hybridized carbons (Fsp3) is 0.111. The normalized spacial score (nSPS) is 22.1. The molecule has 0 heterocycles. The average Bonchev–Trinajstić information content (AvgIpc) is 1.45. The van der Waals surface area contributed by atoms with Crippen molar-refractivity contribution >= 4 is 0 Å². The summed E-state index contributed by atoms with van der Waals surface area (Å²) in [5.74, 6) is 0. The summed E-state index contributed by atoms with van der Waals surface area (Å²) >= 11 is 0. The maximum atomic E-state index is 2.71. The van der Waals surface area contributed by atoms with Gasteiger partial charge in [0.1, 0.15) is 0 Å². The smallest absolute Gasteiger partial charge is 0.0272 e. The molecule has 0 saturated carbocycles. The topological polar surface area (TPSA) is 0 Å². The molecule has 0 unspecified atom stereocenters. The van der Waals surface area contributed by atoms with Gasteiger partial charge in [0.25, 0.3) is 0 Å². The predicted octanol–water partition coefficient (Wildman–Crippen LogP) is 20.6. The van der Waals surface area contributed by atoms with Crippen molar-refractivity contribution in [1.82, 2.24) is 0 Å². The fourth-order valence-electron chi connectivity index (χ4n) is 17.8. The van der Waals surface area contributed by atoms with E-state index in [2.05, 4.69) is 319 Å². The third kappa shape index (κ3) is 6.05. The lowest BCUT2D eigenvalue weighted by molar-refractivity contribution is 0.0253.